The Morgan fingerprint density at radius 2 is 1.39 bits per heavy atom. The quantitative estimate of drug-likeness (QED) is 0.535. The van der Waals surface area contributed by atoms with Crippen molar-refractivity contribution in [3.05, 3.63) is 85.0 Å². The molecule has 33 heavy (non-hydrogen) atoms. The normalized spacial score (nSPS) is 13.4. The topological polar surface area (TPSA) is 113 Å². The van der Waals surface area contributed by atoms with Crippen LogP contribution in [-0.4, -0.2) is 34.2 Å². The highest BCUT2D eigenvalue weighted by Crippen LogP contribution is 2.24. The first kappa shape index (κ1) is 23.6. The van der Waals surface area contributed by atoms with Crippen LogP contribution in [-0.2, 0) is 5.41 Å². The second-order valence-corrected chi connectivity index (χ2v) is 8.35. The molecule has 3 N–H and O–H groups in total. The molecule has 0 atom stereocenters. The Kier molecular flexibility index (Phi) is 7.17. The molecule has 0 unspecified atom stereocenters. The number of benzene rings is 1. The maximum atomic E-state index is 12.4. The Morgan fingerprint density at radius 1 is 0.848 bits per heavy atom. The summed E-state index contributed by atoms with van der Waals surface area (Å²) in [5.74, 6) is 1.30. The van der Waals surface area contributed by atoms with Crippen LogP contribution in [0.25, 0.3) is 24.3 Å². The van der Waals surface area contributed by atoms with E-state index in [2.05, 4.69) is 40.7 Å². The van der Waals surface area contributed by atoms with Gasteiger partial charge in [0.1, 0.15) is 22.2 Å². The Hall–Kier alpha value is -4.07. The molecule has 0 aliphatic heterocycles. The minimum absolute atomic E-state index is 0.0943. The molecule has 0 bridgehead atoms. The van der Waals surface area contributed by atoms with Crippen LogP contribution in [0.3, 0.4) is 0 Å². The van der Waals surface area contributed by atoms with Crippen molar-refractivity contribution in [3.63, 3.8) is 0 Å². The summed E-state index contributed by atoms with van der Waals surface area (Å²) in [6.45, 7) is 6.24. The first-order valence-electron chi connectivity index (χ1n) is 10.4. The molecule has 0 amide bonds. The fraction of sp³-hybridized carbons (Fsp3) is 0.240. The van der Waals surface area contributed by atoms with Gasteiger partial charge in [-0.2, -0.15) is 0 Å². The number of aromatic nitrogens is 4. The standard InChI is InChI=1S/C25H28N4O4/c1-25(2,3)22-19(26-15-27-22)9-7-11-21-24(31)28-20(23(30)29-21)10-6-8-16-12-17(32-4)14-18(13-16)33-5/h6-15H,1-5H3,(H,26,27)(H,28,31)(H,29,30)/b8-6+,9-7+,20-10-,21-11-. The Bertz CT molecular complexity index is 1390. The molecule has 3 rings (SSSR count). The second kappa shape index (κ2) is 10.0. The lowest BCUT2D eigenvalue weighted by molar-refractivity contribution is 0.394. The molecule has 3 aromatic rings. The number of hydrogen-bond acceptors (Lipinski definition) is 5. The molecule has 0 saturated heterocycles. The Labute approximate surface area is 191 Å². The molecule has 2 aromatic heterocycles. The van der Waals surface area contributed by atoms with E-state index in [0.29, 0.717) is 11.5 Å². The number of allylic oxidation sites excluding steroid dienone is 2. The van der Waals surface area contributed by atoms with Crippen LogP contribution in [0.4, 0.5) is 0 Å². The smallest absolute Gasteiger partial charge is 0.272 e. The van der Waals surface area contributed by atoms with Gasteiger partial charge in [0.25, 0.3) is 11.1 Å². The molecule has 8 nitrogen and oxygen atoms in total. The van der Waals surface area contributed by atoms with E-state index >= 15 is 0 Å². The van der Waals surface area contributed by atoms with Crippen LogP contribution >= 0.6 is 0 Å². The molecule has 172 valence electrons. The van der Waals surface area contributed by atoms with Gasteiger partial charge in [0.2, 0.25) is 0 Å². The molecular formula is C25H28N4O4. The number of nitrogens with one attached hydrogen (secondary N) is 3. The number of methoxy groups -OCH3 is 2. The van der Waals surface area contributed by atoms with E-state index in [1.165, 1.54) is 6.08 Å². The van der Waals surface area contributed by atoms with E-state index < -0.39 is 11.1 Å². The van der Waals surface area contributed by atoms with E-state index in [1.54, 1.807) is 57.0 Å². The molecular weight excluding hydrogens is 420 g/mol. The van der Waals surface area contributed by atoms with Crippen LogP contribution in [0.15, 0.2) is 46.3 Å². The van der Waals surface area contributed by atoms with Crippen molar-refractivity contribution in [1.82, 2.24) is 19.9 Å². The second-order valence-electron chi connectivity index (χ2n) is 8.35. The first-order valence-corrected chi connectivity index (χ1v) is 10.4. The zero-order valence-electron chi connectivity index (χ0n) is 19.4. The lowest BCUT2D eigenvalue weighted by atomic mass is 9.90. The number of hydrogen-bond donors (Lipinski definition) is 3. The van der Waals surface area contributed by atoms with Crippen molar-refractivity contribution in [3.8, 4) is 11.5 Å². The van der Waals surface area contributed by atoms with Gasteiger partial charge in [-0.05, 0) is 35.9 Å². The van der Waals surface area contributed by atoms with Gasteiger partial charge in [0.05, 0.1) is 26.2 Å². The van der Waals surface area contributed by atoms with Gasteiger partial charge in [0, 0.05) is 17.2 Å². The lowest BCUT2D eigenvalue weighted by Gasteiger charge is -2.16. The van der Waals surface area contributed by atoms with Crippen molar-refractivity contribution in [2.75, 3.05) is 14.2 Å². The van der Waals surface area contributed by atoms with Gasteiger partial charge in [0.15, 0.2) is 0 Å². The van der Waals surface area contributed by atoms with Crippen molar-refractivity contribution >= 4 is 24.3 Å². The summed E-state index contributed by atoms with van der Waals surface area (Å²) in [7, 11) is 3.15. The van der Waals surface area contributed by atoms with E-state index in [4.69, 9.17) is 9.47 Å². The van der Waals surface area contributed by atoms with Gasteiger partial charge < -0.3 is 24.4 Å². The summed E-state index contributed by atoms with van der Waals surface area (Å²) in [6.07, 6.45) is 11.6. The van der Waals surface area contributed by atoms with Crippen LogP contribution in [0, 0.1) is 0 Å². The number of aromatic amines is 3. The summed E-state index contributed by atoms with van der Waals surface area (Å²) in [4.78, 5) is 37.5. The van der Waals surface area contributed by atoms with Crippen molar-refractivity contribution in [1.29, 1.82) is 0 Å². The number of imidazole rings is 1. The molecule has 1 aromatic carbocycles. The molecule has 0 radical (unpaired) electrons. The average molecular weight is 449 g/mol. The highest BCUT2D eigenvalue weighted by molar-refractivity contribution is 5.60. The van der Waals surface area contributed by atoms with Crippen molar-refractivity contribution in [2.24, 2.45) is 0 Å². The molecule has 0 aliphatic carbocycles. The lowest BCUT2D eigenvalue weighted by Crippen LogP contribution is -2.46. The number of ether oxygens (including phenoxy) is 2. The molecule has 0 aliphatic rings. The van der Waals surface area contributed by atoms with Gasteiger partial charge >= 0.3 is 0 Å². The minimum atomic E-state index is -0.405. The van der Waals surface area contributed by atoms with Gasteiger partial charge in [-0.3, -0.25) is 9.59 Å². The van der Waals surface area contributed by atoms with Crippen molar-refractivity contribution in [2.45, 2.75) is 26.2 Å². The monoisotopic (exact) mass is 448 g/mol. The van der Waals surface area contributed by atoms with Crippen LogP contribution in [0.5, 0.6) is 11.5 Å². The van der Waals surface area contributed by atoms with Crippen LogP contribution < -0.4 is 31.3 Å². The average Bonchev–Trinajstić information content (AvgIpc) is 3.25. The van der Waals surface area contributed by atoms with Crippen molar-refractivity contribution < 1.29 is 9.47 Å². The predicted molar refractivity (Wildman–Crippen MR) is 131 cm³/mol. The Morgan fingerprint density at radius 3 is 1.91 bits per heavy atom. The van der Waals surface area contributed by atoms with E-state index in [1.807, 2.05) is 12.1 Å². The predicted octanol–water partition coefficient (Wildman–Crippen LogP) is 2.09. The molecule has 0 fully saturated rings. The van der Waals surface area contributed by atoms with Gasteiger partial charge in [-0.25, -0.2) is 4.98 Å². The zero-order chi connectivity index (χ0) is 24.0. The van der Waals surface area contributed by atoms with E-state index in [-0.39, 0.29) is 16.1 Å². The Balaban J connectivity index is 1.87. The van der Waals surface area contributed by atoms with E-state index in [0.717, 1.165) is 17.0 Å². The highest BCUT2D eigenvalue weighted by Gasteiger charge is 2.18. The maximum Gasteiger partial charge on any atom is 0.272 e. The maximum absolute atomic E-state index is 12.4. The SMILES string of the molecule is COc1cc(/C=C/C=c2\[nH]c(=O)/c(=C/C=C/c3nc[nH]c3C(C)(C)C)[nH]c2=O)cc(OC)c1. The van der Waals surface area contributed by atoms with Crippen LogP contribution in [0.1, 0.15) is 37.7 Å². The summed E-state index contributed by atoms with van der Waals surface area (Å²) in [6, 6.07) is 5.42. The number of rotatable bonds is 6. The summed E-state index contributed by atoms with van der Waals surface area (Å²) >= 11 is 0. The summed E-state index contributed by atoms with van der Waals surface area (Å²) < 4.78 is 10.5. The third-order valence-corrected chi connectivity index (χ3v) is 4.85. The molecule has 2 heterocycles. The first-order chi connectivity index (χ1) is 15.7. The van der Waals surface area contributed by atoms with Gasteiger partial charge in [-0.15, -0.1) is 0 Å². The van der Waals surface area contributed by atoms with Gasteiger partial charge in [-0.1, -0.05) is 39.0 Å². The molecule has 0 saturated carbocycles. The molecule has 8 heteroatoms. The minimum Gasteiger partial charge on any atom is -0.497 e. The fourth-order valence-electron chi connectivity index (χ4n) is 3.18. The summed E-state index contributed by atoms with van der Waals surface area (Å²) in [5, 5.41) is 0.303. The highest BCUT2D eigenvalue weighted by atomic mass is 16.5. The van der Waals surface area contributed by atoms with E-state index in [9.17, 15) is 9.59 Å². The third kappa shape index (κ3) is 6.00. The molecule has 0 spiro atoms. The number of nitrogens with zero attached hydrogens (tertiary/aromatic N) is 1. The van der Waals surface area contributed by atoms with Crippen LogP contribution in [0.2, 0.25) is 0 Å². The fourth-order valence-corrected chi connectivity index (χ4v) is 3.18. The number of H-pyrrole nitrogens is 3. The third-order valence-electron chi connectivity index (χ3n) is 4.85. The zero-order valence-corrected chi connectivity index (χ0v) is 19.4. The summed E-state index contributed by atoms with van der Waals surface area (Å²) in [5.41, 5.74) is 1.69. The largest absolute Gasteiger partial charge is 0.497 e.